The number of carbonyl (C=O) groups excluding carboxylic acids is 1. The SMILES string of the molecule is Cc1sccc1-n1cc(C(=O)c2cc(Br)ccc2OCC(=O)O)cn1. The number of carbonyl (C=O) groups is 2. The van der Waals surface area contributed by atoms with Gasteiger partial charge in [-0.15, -0.1) is 11.3 Å². The van der Waals surface area contributed by atoms with Gasteiger partial charge in [-0.2, -0.15) is 5.10 Å². The highest BCUT2D eigenvalue weighted by molar-refractivity contribution is 9.10. The zero-order chi connectivity index (χ0) is 18.0. The van der Waals surface area contributed by atoms with E-state index >= 15 is 0 Å². The fourth-order valence-corrected chi connectivity index (χ4v) is 3.33. The molecule has 128 valence electrons. The second kappa shape index (κ2) is 7.20. The molecule has 3 rings (SSSR count). The number of rotatable bonds is 6. The molecular weight excluding hydrogens is 408 g/mol. The zero-order valence-corrected chi connectivity index (χ0v) is 15.5. The Bertz CT molecular complexity index is 948. The molecule has 0 unspecified atom stereocenters. The predicted octanol–water partition coefficient (Wildman–Crippen LogP) is 3.70. The van der Waals surface area contributed by atoms with Gasteiger partial charge in [-0.05, 0) is 36.6 Å². The molecule has 0 radical (unpaired) electrons. The number of aliphatic carboxylic acids is 1. The van der Waals surface area contributed by atoms with Crippen molar-refractivity contribution in [3.8, 4) is 11.4 Å². The van der Waals surface area contributed by atoms with Gasteiger partial charge in [0.25, 0.3) is 0 Å². The van der Waals surface area contributed by atoms with Crippen LogP contribution in [0.5, 0.6) is 5.75 Å². The van der Waals surface area contributed by atoms with Gasteiger partial charge in [0.1, 0.15) is 5.75 Å². The van der Waals surface area contributed by atoms with Crippen molar-refractivity contribution < 1.29 is 19.4 Å². The van der Waals surface area contributed by atoms with E-state index in [0.29, 0.717) is 10.0 Å². The number of aryl methyl sites for hydroxylation is 1. The lowest BCUT2D eigenvalue weighted by molar-refractivity contribution is -0.139. The molecule has 0 bridgehead atoms. The minimum absolute atomic E-state index is 0.218. The van der Waals surface area contributed by atoms with Crippen LogP contribution in [0.1, 0.15) is 20.8 Å². The Morgan fingerprint density at radius 1 is 1.36 bits per heavy atom. The molecule has 1 N–H and O–H groups in total. The summed E-state index contributed by atoms with van der Waals surface area (Å²) >= 11 is 4.92. The summed E-state index contributed by atoms with van der Waals surface area (Å²) in [6.07, 6.45) is 3.14. The molecule has 6 nitrogen and oxygen atoms in total. The summed E-state index contributed by atoms with van der Waals surface area (Å²) in [5, 5.41) is 15.0. The van der Waals surface area contributed by atoms with E-state index in [0.717, 1.165) is 10.6 Å². The fraction of sp³-hybridized carbons (Fsp3) is 0.118. The molecule has 0 fully saturated rings. The highest BCUT2D eigenvalue weighted by atomic mass is 79.9. The summed E-state index contributed by atoms with van der Waals surface area (Å²) in [5.41, 5.74) is 1.58. The maximum absolute atomic E-state index is 12.8. The summed E-state index contributed by atoms with van der Waals surface area (Å²) in [7, 11) is 0. The maximum Gasteiger partial charge on any atom is 0.341 e. The van der Waals surface area contributed by atoms with Gasteiger partial charge in [0, 0.05) is 15.5 Å². The van der Waals surface area contributed by atoms with Crippen LogP contribution in [-0.2, 0) is 4.79 Å². The number of ketones is 1. The van der Waals surface area contributed by atoms with E-state index in [2.05, 4.69) is 21.0 Å². The van der Waals surface area contributed by atoms with Crippen molar-refractivity contribution >= 4 is 39.0 Å². The first-order valence-corrected chi connectivity index (χ1v) is 8.91. The lowest BCUT2D eigenvalue weighted by Gasteiger charge is -2.09. The Balaban J connectivity index is 1.93. The van der Waals surface area contributed by atoms with Crippen molar-refractivity contribution in [2.24, 2.45) is 0 Å². The standard InChI is InChI=1S/C17H13BrN2O4S/c1-10-14(4-5-25-10)20-8-11(7-19-20)17(23)13-6-12(18)2-3-15(13)24-9-16(21)22/h2-8H,9H2,1H3,(H,21,22). The molecule has 0 aliphatic rings. The molecule has 0 aliphatic carbocycles. The molecule has 25 heavy (non-hydrogen) atoms. The van der Waals surface area contributed by atoms with Gasteiger partial charge in [0.15, 0.2) is 12.4 Å². The quantitative estimate of drug-likeness (QED) is 0.614. The van der Waals surface area contributed by atoms with Crippen LogP contribution in [0.3, 0.4) is 0 Å². The van der Waals surface area contributed by atoms with E-state index in [1.54, 1.807) is 40.4 Å². The van der Waals surface area contributed by atoms with Gasteiger partial charge in [-0.25, -0.2) is 9.48 Å². The monoisotopic (exact) mass is 420 g/mol. The number of benzene rings is 1. The van der Waals surface area contributed by atoms with E-state index in [1.807, 2.05) is 18.4 Å². The minimum Gasteiger partial charge on any atom is -0.481 e. The number of aromatic nitrogens is 2. The average molecular weight is 421 g/mol. The molecule has 0 saturated carbocycles. The molecule has 3 aromatic rings. The molecule has 0 spiro atoms. The molecule has 0 atom stereocenters. The maximum atomic E-state index is 12.8. The highest BCUT2D eigenvalue weighted by Gasteiger charge is 2.18. The Morgan fingerprint density at radius 3 is 2.84 bits per heavy atom. The largest absolute Gasteiger partial charge is 0.481 e. The second-order valence-electron chi connectivity index (χ2n) is 5.19. The first-order chi connectivity index (χ1) is 12.0. The van der Waals surface area contributed by atoms with Crippen LogP contribution < -0.4 is 4.74 Å². The molecule has 1 aromatic carbocycles. The lowest BCUT2D eigenvalue weighted by Crippen LogP contribution is -2.12. The highest BCUT2D eigenvalue weighted by Crippen LogP contribution is 2.26. The Morgan fingerprint density at radius 2 is 2.16 bits per heavy atom. The van der Waals surface area contributed by atoms with Crippen LogP contribution in [0.4, 0.5) is 0 Å². The molecule has 0 saturated heterocycles. The Hall–Kier alpha value is -2.45. The van der Waals surface area contributed by atoms with Crippen LogP contribution in [0.2, 0.25) is 0 Å². The summed E-state index contributed by atoms with van der Waals surface area (Å²) in [6.45, 7) is 1.46. The topological polar surface area (TPSA) is 81.4 Å². The average Bonchev–Trinajstić information content (AvgIpc) is 3.21. The molecule has 2 aromatic heterocycles. The normalized spacial score (nSPS) is 10.6. The van der Waals surface area contributed by atoms with Crippen LogP contribution in [0.25, 0.3) is 5.69 Å². The van der Waals surface area contributed by atoms with Gasteiger partial charge in [0.05, 0.1) is 23.0 Å². The fourth-order valence-electron chi connectivity index (χ4n) is 2.29. The Labute approximate surface area is 155 Å². The van der Waals surface area contributed by atoms with E-state index < -0.39 is 12.6 Å². The first kappa shape index (κ1) is 17.4. The van der Waals surface area contributed by atoms with E-state index in [9.17, 15) is 9.59 Å². The number of hydrogen-bond acceptors (Lipinski definition) is 5. The van der Waals surface area contributed by atoms with Crippen LogP contribution in [0.15, 0.2) is 46.5 Å². The number of halogens is 1. The zero-order valence-electron chi connectivity index (χ0n) is 13.1. The van der Waals surface area contributed by atoms with E-state index in [4.69, 9.17) is 9.84 Å². The molecule has 0 amide bonds. The van der Waals surface area contributed by atoms with Crippen LogP contribution in [-0.4, -0.2) is 33.2 Å². The number of ether oxygens (including phenoxy) is 1. The number of hydrogen-bond donors (Lipinski definition) is 1. The van der Waals surface area contributed by atoms with Gasteiger partial charge in [0.2, 0.25) is 0 Å². The van der Waals surface area contributed by atoms with Gasteiger partial charge < -0.3 is 9.84 Å². The third-order valence-corrected chi connectivity index (χ3v) is 4.79. The molecular formula is C17H13BrN2O4S. The summed E-state index contributed by atoms with van der Waals surface area (Å²) in [5.74, 6) is -1.18. The predicted molar refractivity (Wildman–Crippen MR) is 96.9 cm³/mol. The van der Waals surface area contributed by atoms with Crippen molar-refractivity contribution in [2.45, 2.75) is 6.92 Å². The molecule has 8 heteroatoms. The summed E-state index contributed by atoms with van der Waals surface area (Å²) in [4.78, 5) is 24.7. The number of carboxylic acids is 1. The van der Waals surface area contributed by atoms with Crippen molar-refractivity contribution in [3.63, 3.8) is 0 Å². The van der Waals surface area contributed by atoms with Gasteiger partial charge in [-0.1, -0.05) is 15.9 Å². The third kappa shape index (κ3) is 3.80. The lowest BCUT2D eigenvalue weighted by atomic mass is 10.1. The Kier molecular flexibility index (Phi) is 5.00. The minimum atomic E-state index is -1.11. The van der Waals surface area contributed by atoms with Crippen molar-refractivity contribution in [1.82, 2.24) is 9.78 Å². The van der Waals surface area contributed by atoms with Crippen molar-refractivity contribution in [1.29, 1.82) is 0 Å². The summed E-state index contributed by atoms with van der Waals surface area (Å²) in [6, 6.07) is 6.79. The van der Waals surface area contributed by atoms with Crippen LogP contribution >= 0.6 is 27.3 Å². The second-order valence-corrected chi connectivity index (χ2v) is 7.22. The van der Waals surface area contributed by atoms with Crippen LogP contribution in [0, 0.1) is 6.92 Å². The number of thiophene rings is 1. The summed E-state index contributed by atoms with van der Waals surface area (Å²) < 4.78 is 7.57. The first-order valence-electron chi connectivity index (χ1n) is 7.23. The smallest absolute Gasteiger partial charge is 0.341 e. The van der Waals surface area contributed by atoms with E-state index in [-0.39, 0.29) is 17.1 Å². The third-order valence-electron chi connectivity index (χ3n) is 3.46. The van der Waals surface area contributed by atoms with Gasteiger partial charge >= 0.3 is 5.97 Å². The molecule has 2 heterocycles. The van der Waals surface area contributed by atoms with Crippen molar-refractivity contribution in [3.05, 3.63) is 62.5 Å². The molecule has 0 aliphatic heterocycles. The number of carboxylic acid groups (broad SMARTS) is 1. The van der Waals surface area contributed by atoms with E-state index in [1.165, 1.54) is 6.20 Å². The number of nitrogens with zero attached hydrogens (tertiary/aromatic N) is 2. The van der Waals surface area contributed by atoms with Crippen molar-refractivity contribution in [2.75, 3.05) is 6.61 Å². The van der Waals surface area contributed by atoms with Gasteiger partial charge in [-0.3, -0.25) is 4.79 Å².